The maximum absolute atomic E-state index is 10.3. The molecule has 1 aromatic rings. The van der Waals surface area contributed by atoms with Crippen LogP contribution in [0.2, 0.25) is 5.02 Å². The van der Waals surface area contributed by atoms with Gasteiger partial charge in [-0.1, -0.05) is 17.7 Å². The van der Waals surface area contributed by atoms with Crippen molar-refractivity contribution in [2.24, 2.45) is 0 Å². The molecule has 0 radical (unpaired) electrons. The second-order valence-electron chi connectivity index (χ2n) is 2.95. The molecule has 0 aliphatic heterocycles. The number of hydrogen-bond acceptors (Lipinski definition) is 3. The third-order valence-electron chi connectivity index (χ3n) is 1.85. The number of carbonyl (C=O) groups is 1. The van der Waals surface area contributed by atoms with Gasteiger partial charge in [-0.15, -0.1) is 0 Å². The lowest BCUT2D eigenvalue weighted by atomic mass is 10.2. The number of halogens is 1. The van der Waals surface area contributed by atoms with Gasteiger partial charge in [0.2, 0.25) is 0 Å². The molecule has 4 nitrogen and oxygen atoms in total. The summed E-state index contributed by atoms with van der Waals surface area (Å²) in [5.74, 6) is -0.207. The highest BCUT2D eigenvalue weighted by molar-refractivity contribution is 6.31. The van der Waals surface area contributed by atoms with Gasteiger partial charge in [0.25, 0.3) is 0 Å². The predicted octanol–water partition coefficient (Wildman–Crippen LogP) is 1.52. The Morgan fingerprint density at radius 3 is 2.87 bits per heavy atom. The summed E-state index contributed by atoms with van der Waals surface area (Å²) in [6.45, 7) is 0.345. The van der Waals surface area contributed by atoms with E-state index in [4.69, 9.17) is 21.4 Å². The fourth-order valence-electron chi connectivity index (χ4n) is 1.10. The first-order valence-corrected chi connectivity index (χ1v) is 4.76. The maximum atomic E-state index is 10.3. The van der Waals surface area contributed by atoms with Crippen LogP contribution < -0.4 is 10.1 Å². The van der Waals surface area contributed by atoms with Gasteiger partial charge in [-0.25, -0.2) is 0 Å². The van der Waals surface area contributed by atoms with Crippen LogP contribution in [-0.2, 0) is 11.3 Å². The van der Waals surface area contributed by atoms with Gasteiger partial charge in [0, 0.05) is 11.6 Å². The van der Waals surface area contributed by atoms with Gasteiger partial charge < -0.3 is 15.2 Å². The molecule has 2 N–H and O–H groups in total. The summed E-state index contributed by atoms with van der Waals surface area (Å²) in [5, 5.41) is 11.7. The summed E-state index contributed by atoms with van der Waals surface area (Å²) in [7, 11) is 1.56. The fourth-order valence-corrected chi connectivity index (χ4v) is 1.34. The SMILES string of the molecule is COc1ccc(CNCC(=O)O)c(Cl)c1. The Balaban J connectivity index is 2.58. The van der Waals surface area contributed by atoms with Crippen LogP contribution in [0.4, 0.5) is 0 Å². The maximum Gasteiger partial charge on any atom is 0.317 e. The normalized spacial score (nSPS) is 10.0. The monoisotopic (exact) mass is 229 g/mol. The molecule has 0 spiro atoms. The molecule has 0 aliphatic rings. The molecule has 1 aromatic carbocycles. The molecule has 0 heterocycles. The molecular formula is C10H12ClNO3. The highest BCUT2D eigenvalue weighted by Gasteiger charge is 2.02. The second kappa shape index (κ2) is 5.58. The topological polar surface area (TPSA) is 58.6 Å². The van der Waals surface area contributed by atoms with Crippen molar-refractivity contribution in [1.82, 2.24) is 5.32 Å². The van der Waals surface area contributed by atoms with E-state index in [0.29, 0.717) is 17.3 Å². The van der Waals surface area contributed by atoms with Crippen molar-refractivity contribution in [3.63, 3.8) is 0 Å². The number of rotatable bonds is 5. The smallest absolute Gasteiger partial charge is 0.317 e. The molecule has 1 rings (SSSR count). The molecule has 0 saturated carbocycles. The van der Waals surface area contributed by atoms with Gasteiger partial charge in [-0.05, 0) is 17.7 Å². The van der Waals surface area contributed by atoms with Crippen LogP contribution >= 0.6 is 11.6 Å². The summed E-state index contributed by atoms with van der Waals surface area (Å²) in [6, 6.07) is 5.28. The molecule has 0 aliphatic carbocycles. The number of nitrogens with one attached hydrogen (secondary N) is 1. The van der Waals surface area contributed by atoms with E-state index in [-0.39, 0.29) is 6.54 Å². The third-order valence-corrected chi connectivity index (χ3v) is 2.20. The minimum atomic E-state index is -0.889. The number of ether oxygens (including phenoxy) is 1. The van der Waals surface area contributed by atoms with E-state index in [1.54, 1.807) is 25.3 Å². The molecule has 0 saturated heterocycles. The van der Waals surface area contributed by atoms with Crippen molar-refractivity contribution in [3.8, 4) is 5.75 Å². The lowest BCUT2D eigenvalue weighted by Gasteiger charge is -2.06. The van der Waals surface area contributed by atoms with Crippen LogP contribution in [0, 0.1) is 0 Å². The minimum absolute atomic E-state index is 0.0810. The van der Waals surface area contributed by atoms with E-state index in [9.17, 15) is 4.79 Å². The number of carboxylic acid groups (broad SMARTS) is 1. The quantitative estimate of drug-likeness (QED) is 0.804. The molecule has 0 fully saturated rings. The van der Waals surface area contributed by atoms with Crippen molar-refractivity contribution in [1.29, 1.82) is 0 Å². The average molecular weight is 230 g/mol. The molecule has 0 bridgehead atoms. The standard InChI is InChI=1S/C10H12ClNO3/c1-15-8-3-2-7(9(11)4-8)5-12-6-10(13)14/h2-4,12H,5-6H2,1H3,(H,13,14). The van der Waals surface area contributed by atoms with E-state index in [2.05, 4.69) is 5.32 Å². The van der Waals surface area contributed by atoms with Crippen LogP contribution in [0.5, 0.6) is 5.75 Å². The largest absolute Gasteiger partial charge is 0.497 e. The Labute approximate surface area is 92.8 Å². The van der Waals surface area contributed by atoms with Gasteiger partial charge in [0.05, 0.1) is 13.7 Å². The van der Waals surface area contributed by atoms with Gasteiger partial charge in [0.1, 0.15) is 5.75 Å². The number of aliphatic carboxylic acids is 1. The van der Waals surface area contributed by atoms with Crippen molar-refractivity contribution in [2.45, 2.75) is 6.54 Å². The van der Waals surface area contributed by atoms with Gasteiger partial charge in [0.15, 0.2) is 0 Å². The Kier molecular flexibility index (Phi) is 4.39. The molecule has 0 aromatic heterocycles. The molecule has 0 unspecified atom stereocenters. The molecule has 5 heteroatoms. The van der Waals surface area contributed by atoms with E-state index >= 15 is 0 Å². The van der Waals surface area contributed by atoms with Crippen molar-refractivity contribution in [3.05, 3.63) is 28.8 Å². The van der Waals surface area contributed by atoms with Crippen molar-refractivity contribution < 1.29 is 14.6 Å². The van der Waals surface area contributed by atoms with E-state index in [0.717, 1.165) is 5.56 Å². The van der Waals surface area contributed by atoms with E-state index < -0.39 is 5.97 Å². The fraction of sp³-hybridized carbons (Fsp3) is 0.300. The van der Waals surface area contributed by atoms with Crippen LogP contribution in [-0.4, -0.2) is 24.7 Å². The van der Waals surface area contributed by atoms with E-state index in [1.807, 2.05) is 0 Å². The predicted molar refractivity (Wildman–Crippen MR) is 57.3 cm³/mol. The lowest BCUT2D eigenvalue weighted by molar-refractivity contribution is -0.135. The van der Waals surface area contributed by atoms with Crippen LogP contribution in [0.3, 0.4) is 0 Å². The first-order valence-electron chi connectivity index (χ1n) is 4.38. The Morgan fingerprint density at radius 2 is 2.33 bits per heavy atom. The van der Waals surface area contributed by atoms with Gasteiger partial charge >= 0.3 is 5.97 Å². The summed E-state index contributed by atoms with van der Waals surface area (Å²) in [5.41, 5.74) is 0.846. The molecule has 82 valence electrons. The van der Waals surface area contributed by atoms with Crippen molar-refractivity contribution >= 4 is 17.6 Å². The second-order valence-corrected chi connectivity index (χ2v) is 3.36. The number of carboxylic acids is 1. The molecule has 15 heavy (non-hydrogen) atoms. The first-order chi connectivity index (χ1) is 7.13. The molecule has 0 amide bonds. The minimum Gasteiger partial charge on any atom is -0.497 e. The Hall–Kier alpha value is -1.26. The highest BCUT2D eigenvalue weighted by atomic mass is 35.5. The Morgan fingerprint density at radius 1 is 1.60 bits per heavy atom. The number of methoxy groups -OCH3 is 1. The highest BCUT2D eigenvalue weighted by Crippen LogP contribution is 2.21. The summed E-state index contributed by atoms with van der Waals surface area (Å²) >= 11 is 5.96. The third kappa shape index (κ3) is 3.77. The average Bonchev–Trinajstić information content (AvgIpc) is 2.20. The molecular weight excluding hydrogens is 218 g/mol. The molecule has 0 atom stereocenters. The summed E-state index contributed by atoms with van der Waals surface area (Å²) in [4.78, 5) is 10.3. The van der Waals surface area contributed by atoms with Crippen LogP contribution in [0.15, 0.2) is 18.2 Å². The summed E-state index contributed by atoms with van der Waals surface area (Å²) < 4.78 is 4.99. The van der Waals surface area contributed by atoms with Crippen LogP contribution in [0.1, 0.15) is 5.56 Å². The zero-order chi connectivity index (χ0) is 11.3. The Bertz CT molecular complexity index is 355. The van der Waals surface area contributed by atoms with Crippen LogP contribution in [0.25, 0.3) is 0 Å². The summed E-state index contributed by atoms with van der Waals surface area (Å²) in [6.07, 6.45) is 0. The first kappa shape index (κ1) is 11.8. The van der Waals surface area contributed by atoms with Crippen molar-refractivity contribution in [2.75, 3.05) is 13.7 Å². The number of hydrogen-bond donors (Lipinski definition) is 2. The van der Waals surface area contributed by atoms with E-state index in [1.165, 1.54) is 0 Å². The number of benzene rings is 1. The van der Waals surface area contributed by atoms with Gasteiger partial charge in [-0.3, -0.25) is 4.79 Å². The zero-order valence-electron chi connectivity index (χ0n) is 8.29. The lowest BCUT2D eigenvalue weighted by Crippen LogP contribution is -2.21. The zero-order valence-corrected chi connectivity index (χ0v) is 9.04. The van der Waals surface area contributed by atoms with Gasteiger partial charge in [-0.2, -0.15) is 0 Å².